The third-order valence-corrected chi connectivity index (χ3v) is 4.61. The maximum Gasteiger partial charge on any atom is 0.416 e. The first-order chi connectivity index (χ1) is 12.2. The van der Waals surface area contributed by atoms with Crippen molar-refractivity contribution in [1.82, 2.24) is 14.7 Å². The van der Waals surface area contributed by atoms with Crippen LogP contribution >= 0.6 is 0 Å². The summed E-state index contributed by atoms with van der Waals surface area (Å²) in [5.74, 6) is -0.195. The quantitative estimate of drug-likeness (QED) is 0.732. The molecule has 4 nitrogen and oxygen atoms in total. The highest BCUT2D eigenvalue weighted by atomic mass is 19.4. The number of amides is 1. The molecule has 0 radical (unpaired) electrons. The number of nitrogens with zero attached hydrogens (tertiary/aromatic N) is 3. The molecule has 0 unspecified atom stereocenters. The number of aromatic nitrogens is 2. The fourth-order valence-electron chi connectivity index (χ4n) is 2.99. The van der Waals surface area contributed by atoms with Crippen molar-refractivity contribution in [3.8, 4) is 0 Å². The molecule has 0 atom stereocenters. The lowest BCUT2D eigenvalue weighted by Crippen LogP contribution is -2.26. The van der Waals surface area contributed by atoms with E-state index in [2.05, 4.69) is 18.9 Å². The van der Waals surface area contributed by atoms with Crippen molar-refractivity contribution in [3.63, 3.8) is 0 Å². The number of benzene rings is 1. The Morgan fingerprint density at radius 1 is 1.19 bits per heavy atom. The third kappa shape index (κ3) is 4.26. The van der Waals surface area contributed by atoms with Crippen molar-refractivity contribution in [2.75, 3.05) is 7.05 Å². The first kappa shape index (κ1) is 20.0. The van der Waals surface area contributed by atoms with E-state index in [0.717, 1.165) is 30.7 Å². The van der Waals surface area contributed by atoms with Crippen LogP contribution in [0, 0.1) is 6.92 Å². The van der Waals surface area contributed by atoms with E-state index in [-0.39, 0.29) is 18.5 Å². The van der Waals surface area contributed by atoms with Crippen LogP contribution in [0.4, 0.5) is 13.2 Å². The van der Waals surface area contributed by atoms with E-state index in [1.807, 2.05) is 11.6 Å². The lowest BCUT2D eigenvalue weighted by atomic mass is 10.1. The van der Waals surface area contributed by atoms with Crippen LogP contribution < -0.4 is 0 Å². The van der Waals surface area contributed by atoms with Crippen molar-refractivity contribution < 1.29 is 18.0 Å². The zero-order valence-corrected chi connectivity index (χ0v) is 15.5. The van der Waals surface area contributed by atoms with Crippen LogP contribution in [0.3, 0.4) is 0 Å². The molecule has 26 heavy (non-hydrogen) atoms. The van der Waals surface area contributed by atoms with E-state index in [4.69, 9.17) is 0 Å². The second-order valence-electron chi connectivity index (χ2n) is 6.41. The highest BCUT2D eigenvalue weighted by Gasteiger charge is 2.30. The van der Waals surface area contributed by atoms with Gasteiger partial charge < -0.3 is 4.90 Å². The number of rotatable bonds is 6. The number of hydrogen-bond donors (Lipinski definition) is 0. The fourth-order valence-corrected chi connectivity index (χ4v) is 2.99. The molecule has 0 aliphatic carbocycles. The molecule has 1 aromatic carbocycles. The predicted octanol–water partition coefficient (Wildman–Crippen LogP) is 4.84. The van der Waals surface area contributed by atoms with E-state index < -0.39 is 11.7 Å². The van der Waals surface area contributed by atoms with Gasteiger partial charge in [-0.2, -0.15) is 18.3 Å². The van der Waals surface area contributed by atoms with Gasteiger partial charge in [-0.25, -0.2) is 0 Å². The molecule has 142 valence electrons. The molecule has 1 aromatic heterocycles. The van der Waals surface area contributed by atoms with E-state index in [9.17, 15) is 18.0 Å². The van der Waals surface area contributed by atoms with Crippen LogP contribution in [0.1, 0.15) is 59.9 Å². The maximum absolute atomic E-state index is 12.7. The lowest BCUT2D eigenvalue weighted by molar-refractivity contribution is -0.137. The van der Waals surface area contributed by atoms with Crippen molar-refractivity contribution >= 4 is 5.91 Å². The summed E-state index contributed by atoms with van der Waals surface area (Å²) in [5.41, 5.74) is 1.27. The van der Waals surface area contributed by atoms with E-state index in [1.54, 1.807) is 13.2 Å². The first-order valence-electron chi connectivity index (χ1n) is 8.64. The van der Waals surface area contributed by atoms with Gasteiger partial charge in [0.1, 0.15) is 0 Å². The summed E-state index contributed by atoms with van der Waals surface area (Å²) in [5, 5.41) is 4.35. The third-order valence-electron chi connectivity index (χ3n) is 4.61. The molecular weight excluding hydrogens is 343 g/mol. The van der Waals surface area contributed by atoms with Gasteiger partial charge in [0, 0.05) is 19.3 Å². The van der Waals surface area contributed by atoms with Crippen molar-refractivity contribution in [1.29, 1.82) is 0 Å². The molecule has 1 heterocycles. The van der Waals surface area contributed by atoms with Crippen molar-refractivity contribution in [3.05, 3.63) is 52.8 Å². The molecule has 0 N–H and O–H groups in total. The molecule has 0 saturated carbocycles. The van der Waals surface area contributed by atoms with Crippen LogP contribution in [0.5, 0.6) is 0 Å². The monoisotopic (exact) mass is 367 g/mol. The Labute approximate surface area is 151 Å². The highest BCUT2D eigenvalue weighted by Crippen LogP contribution is 2.29. The van der Waals surface area contributed by atoms with Crippen LogP contribution in [-0.2, 0) is 12.7 Å². The summed E-state index contributed by atoms with van der Waals surface area (Å²) in [6.07, 6.45) is -0.942. The maximum atomic E-state index is 12.7. The van der Waals surface area contributed by atoms with Gasteiger partial charge in [0.05, 0.1) is 23.4 Å². The minimum atomic E-state index is -4.36. The van der Waals surface area contributed by atoms with E-state index >= 15 is 0 Å². The van der Waals surface area contributed by atoms with Gasteiger partial charge >= 0.3 is 6.18 Å². The average Bonchev–Trinajstić information content (AvgIpc) is 2.96. The Balaban J connectivity index is 2.13. The zero-order chi connectivity index (χ0) is 19.5. The summed E-state index contributed by atoms with van der Waals surface area (Å²) >= 11 is 0. The summed E-state index contributed by atoms with van der Waals surface area (Å²) in [7, 11) is 1.63. The van der Waals surface area contributed by atoms with Crippen LogP contribution in [0.15, 0.2) is 30.5 Å². The molecule has 2 aromatic rings. The summed E-state index contributed by atoms with van der Waals surface area (Å²) in [6, 6.07) is 5.10. The summed E-state index contributed by atoms with van der Waals surface area (Å²) < 4.78 is 39.8. The van der Waals surface area contributed by atoms with E-state index in [0.29, 0.717) is 11.1 Å². The Morgan fingerprint density at radius 2 is 1.77 bits per heavy atom. The number of hydrogen-bond acceptors (Lipinski definition) is 2. The molecule has 0 bridgehead atoms. The summed E-state index contributed by atoms with van der Waals surface area (Å²) in [6.45, 7) is 6.25. The Bertz CT molecular complexity index is 746. The number of carbonyl (C=O) groups is 1. The van der Waals surface area contributed by atoms with Gasteiger partial charge in [-0.15, -0.1) is 0 Å². The van der Waals surface area contributed by atoms with Gasteiger partial charge in [0.25, 0.3) is 5.91 Å². The molecule has 0 aliphatic heterocycles. The summed E-state index contributed by atoms with van der Waals surface area (Å²) in [4.78, 5) is 14.2. The van der Waals surface area contributed by atoms with Gasteiger partial charge in [0.15, 0.2) is 0 Å². The second-order valence-corrected chi connectivity index (χ2v) is 6.41. The Hall–Kier alpha value is -2.31. The molecular formula is C19H24F3N3O. The van der Waals surface area contributed by atoms with Crippen molar-refractivity contribution in [2.24, 2.45) is 0 Å². The second kappa shape index (κ2) is 7.93. The number of alkyl halides is 3. The Kier molecular flexibility index (Phi) is 6.10. The zero-order valence-electron chi connectivity index (χ0n) is 15.5. The molecule has 0 spiro atoms. The smallest absolute Gasteiger partial charge is 0.337 e. The highest BCUT2D eigenvalue weighted by molar-refractivity contribution is 5.94. The van der Waals surface area contributed by atoms with Crippen LogP contribution in [0.2, 0.25) is 0 Å². The average molecular weight is 367 g/mol. The van der Waals surface area contributed by atoms with Gasteiger partial charge in [-0.05, 0) is 37.5 Å². The van der Waals surface area contributed by atoms with Crippen LogP contribution in [-0.4, -0.2) is 27.6 Å². The number of carbonyl (C=O) groups excluding carboxylic acids is 1. The fraction of sp³-hybridized carbons (Fsp3) is 0.474. The normalized spacial score (nSPS) is 11.8. The molecule has 7 heteroatoms. The standard InChI is InChI=1S/C19H24F3N3O/c1-5-16(6-2)25-13(3)17(11-23-25)18(26)24(4)12-14-7-9-15(10-8-14)19(20,21)22/h7-11,16H,5-6,12H2,1-4H3. The first-order valence-corrected chi connectivity index (χ1v) is 8.64. The SMILES string of the molecule is CCC(CC)n1ncc(C(=O)N(C)Cc2ccc(C(F)(F)F)cc2)c1C. The molecule has 1 amide bonds. The van der Waals surface area contributed by atoms with Crippen LogP contribution in [0.25, 0.3) is 0 Å². The van der Waals surface area contributed by atoms with E-state index in [1.165, 1.54) is 17.0 Å². The van der Waals surface area contributed by atoms with Gasteiger partial charge in [0.2, 0.25) is 0 Å². The van der Waals surface area contributed by atoms with Gasteiger partial charge in [-0.3, -0.25) is 9.48 Å². The number of halogens is 3. The Morgan fingerprint density at radius 3 is 2.27 bits per heavy atom. The largest absolute Gasteiger partial charge is 0.416 e. The molecule has 0 aliphatic rings. The molecule has 0 fully saturated rings. The minimum absolute atomic E-state index is 0.195. The lowest BCUT2D eigenvalue weighted by Gasteiger charge is -2.19. The topological polar surface area (TPSA) is 38.1 Å². The minimum Gasteiger partial charge on any atom is -0.337 e. The molecule has 0 saturated heterocycles. The van der Waals surface area contributed by atoms with Crippen molar-refractivity contribution in [2.45, 2.75) is 52.4 Å². The van der Waals surface area contributed by atoms with Gasteiger partial charge in [-0.1, -0.05) is 26.0 Å². The molecule has 2 rings (SSSR count). The predicted molar refractivity (Wildman–Crippen MR) is 93.8 cm³/mol.